The number of hydrogen-bond acceptors (Lipinski definition) is 2. The molecule has 0 aliphatic carbocycles. The molecule has 0 fully saturated rings. The average Bonchev–Trinajstić information content (AvgIpc) is 2.91. The number of fused-ring (bicyclic) bond motifs is 1. The van der Waals surface area contributed by atoms with Gasteiger partial charge in [-0.1, -0.05) is 18.5 Å². The largest absolute Gasteiger partial charge is 0.369 e. The van der Waals surface area contributed by atoms with Gasteiger partial charge in [-0.3, -0.25) is 0 Å². The molecule has 1 aliphatic rings. The van der Waals surface area contributed by atoms with Gasteiger partial charge in [-0.2, -0.15) is 5.10 Å². The van der Waals surface area contributed by atoms with Crippen molar-refractivity contribution in [3.05, 3.63) is 40.0 Å². The fourth-order valence-corrected chi connectivity index (χ4v) is 2.79. The topological polar surface area (TPSA) is 29.9 Å². The number of anilines is 1. The minimum Gasteiger partial charge on any atom is -0.369 e. The number of nitrogens with zero attached hydrogens (tertiary/aromatic N) is 2. The molecule has 0 saturated heterocycles. The fourth-order valence-electron chi connectivity index (χ4n) is 2.56. The first-order chi connectivity index (χ1) is 8.70. The molecule has 2 aromatic rings. The van der Waals surface area contributed by atoms with Gasteiger partial charge >= 0.3 is 0 Å². The Hall–Kier alpha value is -1.48. The summed E-state index contributed by atoms with van der Waals surface area (Å²) >= 11 is 6.01. The maximum absolute atomic E-state index is 6.01. The lowest BCUT2D eigenvalue weighted by atomic mass is 10.1. The standard InChI is InChI=1S/C14H16ClN3/c1-3-12-11-6-7-16-14(11)18(17-12)13-5-4-10(15)8-9(13)2/h4-5,8,16H,3,6-7H2,1-2H3. The number of halogens is 1. The van der Waals surface area contributed by atoms with Gasteiger partial charge in [0.15, 0.2) is 0 Å². The van der Waals surface area contributed by atoms with Gasteiger partial charge in [-0.15, -0.1) is 0 Å². The summed E-state index contributed by atoms with van der Waals surface area (Å²) in [6.07, 6.45) is 2.05. The molecule has 0 bridgehead atoms. The molecule has 0 amide bonds. The summed E-state index contributed by atoms with van der Waals surface area (Å²) in [6.45, 7) is 5.22. The van der Waals surface area contributed by atoms with Crippen molar-refractivity contribution in [3.63, 3.8) is 0 Å². The van der Waals surface area contributed by atoms with Crippen LogP contribution >= 0.6 is 11.6 Å². The van der Waals surface area contributed by atoms with E-state index in [0.717, 1.165) is 41.5 Å². The summed E-state index contributed by atoms with van der Waals surface area (Å²) in [6, 6.07) is 5.93. The van der Waals surface area contributed by atoms with Crippen LogP contribution in [-0.4, -0.2) is 16.3 Å². The monoisotopic (exact) mass is 261 g/mol. The number of aryl methyl sites for hydroxylation is 2. The number of rotatable bonds is 2. The van der Waals surface area contributed by atoms with E-state index in [1.54, 1.807) is 0 Å². The lowest BCUT2D eigenvalue weighted by Gasteiger charge is -2.09. The molecule has 0 saturated carbocycles. The van der Waals surface area contributed by atoms with Gasteiger partial charge in [0, 0.05) is 17.1 Å². The third-order valence-corrected chi connectivity index (χ3v) is 3.69. The van der Waals surface area contributed by atoms with E-state index in [9.17, 15) is 0 Å². The lowest BCUT2D eigenvalue weighted by Crippen LogP contribution is -2.06. The summed E-state index contributed by atoms with van der Waals surface area (Å²) in [5.41, 5.74) is 4.81. The third-order valence-electron chi connectivity index (χ3n) is 3.46. The predicted molar refractivity (Wildman–Crippen MR) is 74.9 cm³/mol. The highest BCUT2D eigenvalue weighted by molar-refractivity contribution is 6.30. The molecule has 1 N–H and O–H groups in total. The smallest absolute Gasteiger partial charge is 0.133 e. The highest BCUT2D eigenvalue weighted by Crippen LogP contribution is 2.30. The molecule has 3 nitrogen and oxygen atoms in total. The van der Waals surface area contributed by atoms with E-state index in [2.05, 4.69) is 19.2 Å². The van der Waals surface area contributed by atoms with E-state index in [0.29, 0.717) is 0 Å². The first-order valence-corrected chi connectivity index (χ1v) is 6.69. The first kappa shape index (κ1) is 11.6. The Morgan fingerprint density at radius 3 is 3.00 bits per heavy atom. The van der Waals surface area contributed by atoms with Crippen molar-refractivity contribution < 1.29 is 0 Å². The molecule has 0 atom stereocenters. The Morgan fingerprint density at radius 1 is 1.44 bits per heavy atom. The lowest BCUT2D eigenvalue weighted by molar-refractivity contribution is 0.827. The molecule has 18 heavy (non-hydrogen) atoms. The van der Waals surface area contributed by atoms with Crippen LogP contribution in [0.4, 0.5) is 5.82 Å². The molecular weight excluding hydrogens is 246 g/mol. The van der Waals surface area contributed by atoms with Gasteiger partial charge in [0.2, 0.25) is 0 Å². The summed E-state index contributed by atoms with van der Waals surface area (Å²) < 4.78 is 2.02. The van der Waals surface area contributed by atoms with Gasteiger partial charge in [0.05, 0.1) is 11.4 Å². The quantitative estimate of drug-likeness (QED) is 0.898. The maximum atomic E-state index is 6.01. The minimum absolute atomic E-state index is 0.767. The van der Waals surface area contributed by atoms with Crippen molar-refractivity contribution in [2.75, 3.05) is 11.9 Å². The normalized spacial score (nSPS) is 13.5. The van der Waals surface area contributed by atoms with Gasteiger partial charge in [-0.05, 0) is 43.5 Å². The Labute approximate surface area is 112 Å². The zero-order chi connectivity index (χ0) is 12.7. The van der Waals surface area contributed by atoms with E-state index >= 15 is 0 Å². The zero-order valence-electron chi connectivity index (χ0n) is 10.6. The number of nitrogens with one attached hydrogen (secondary N) is 1. The average molecular weight is 262 g/mol. The van der Waals surface area contributed by atoms with Crippen LogP contribution in [-0.2, 0) is 12.8 Å². The van der Waals surface area contributed by atoms with Crippen LogP contribution in [0.15, 0.2) is 18.2 Å². The second kappa shape index (κ2) is 4.32. The Morgan fingerprint density at radius 2 is 2.28 bits per heavy atom. The molecular formula is C14H16ClN3. The summed E-state index contributed by atoms with van der Waals surface area (Å²) in [5.74, 6) is 1.15. The molecule has 4 heteroatoms. The number of hydrogen-bond donors (Lipinski definition) is 1. The van der Waals surface area contributed by atoms with E-state index in [-0.39, 0.29) is 0 Å². The van der Waals surface area contributed by atoms with Crippen molar-refractivity contribution in [1.82, 2.24) is 9.78 Å². The first-order valence-electron chi connectivity index (χ1n) is 6.32. The molecule has 0 radical (unpaired) electrons. The van der Waals surface area contributed by atoms with Crippen LogP contribution in [0.5, 0.6) is 0 Å². The Kier molecular flexibility index (Phi) is 2.78. The summed E-state index contributed by atoms with van der Waals surface area (Å²) in [7, 11) is 0. The van der Waals surface area contributed by atoms with Crippen molar-refractivity contribution >= 4 is 17.4 Å². The highest BCUT2D eigenvalue weighted by atomic mass is 35.5. The van der Waals surface area contributed by atoms with Crippen molar-refractivity contribution in [2.24, 2.45) is 0 Å². The van der Waals surface area contributed by atoms with Crippen LogP contribution in [0, 0.1) is 6.92 Å². The Bertz CT molecular complexity index is 601. The van der Waals surface area contributed by atoms with Crippen LogP contribution < -0.4 is 5.32 Å². The van der Waals surface area contributed by atoms with Crippen LogP contribution in [0.2, 0.25) is 5.02 Å². The Balaban J connectivity index is 2.17. The van der Waals surface area contributed by atoms with Crippen molar-refractivity contribution in [3.8, 4) is 5.69 Å². The summed E-state index contributed by atoms with van der Waals surface area (Å²) in [4.78, 5) is 0. The van der Waals surface area contributed by atoms with Crippen molar-refractivity contribution in [1.29, 1.82) is 0 Å². The molecule has 94 valence electrons. The molecule has 1 aromatic heterocycles. The van der Waals surface area contributed by atoms with E-state index < -0.39 is 0 Å². The van der Waals surface area contributed by atoms with Gasteiger partial charge < -0.3 is 5.32 Å². The van der Waals surface area contributed by atoms with Crippen LogP contribution in [0.25, 0.3) is 5.69 Å². The summed E-state index contributed by atoms with van der Waals surface area (Å²) in [5, 5.41) is 8.92. The minimum atomic E-state index is 0.767. The van der Waals surface area contributed by atoms with Crippen LogP contribution in [0.3, 0.4) is 0 Å². The van der Waals surface area contributed by atoms with Crippen molar-refractivity contribution in [2.45, 2.75) is 26.7 Å². The molecule has 0 unspecified atom stereocenters. The second-order valence-corrected chi connectivity index (χ2v) is 5.08. The molecule has 1 aromatic carbocycles. The molecule has 1 aliphatic heterocycles. The molecule has 0 spiro atoms. The zero-order valence-corrected chi connectivity index (χ0v) is 11.4. The maximum Gasteiger partial charge on any atom is 0.133 e. The van der Waals surface area contributed by atoms with E-state index in [4.69, 9.17) is 16.7 Å². The van der Waals surface area contributed by atoms with Gasteiger partial charge in [-0.25, -0.2) is 4.68 Å². The molecule has 2 heterocycles. The second-order valence-electron chi connectivity index (χ2n) is 4.65. The van der Waals surface area contributed by atoms with Gasteiger partial charge in [0.1, 0.15) is 5.82 Å². The predicted octanol–water partition coefficient (Wildman–Crippen LogP) is 3.36. The van der Waals surface area contributed by atoms with E-state index in [1.807, 2.05) is 22.9 Å². The van der Waals surface area contributed by atoms with Gasteiger partial charge in [0.25, 0.3) is 0 Å². The molecule has 3 rings (SSSR count). The van der Waals surface area contributed by atoms with E-state index in [1.165, 1.54) is 11.3 Å². The number of aromatic nitrogens is 2. The number of benzene rings is 1. The van der Waals surface area contributed by atoms with Crippen LogP contribution in [0.1, 0.15) is 23.7 Å². The fraction of sp³-hybridized carbons (Fsp3) is 0.357. The SMILES string of the molecule is CCc1nn(-c2ccc(Cl)cc2C)c2c1CCN2. The highest BCUT2D eigenvalue weighted by Gasteiger charge is 2.22. The third kappa shape index (κ3) is 1.70.